The lowest BCUT2D eigenvalue weighted by molar-refractivity contribution is 0.0167. The third-order valence-corrected chi connectivity index (χ3v) is 8.57. The average molecular weight is 322 g/mol. The highest BCUT2D eigenvalue weighted by atomic mass is 32.2. The van der Waals surface area contributed by atoms with Gasteiger partial charge in [0.15, 0.2) is 0 Å². The smallest absolute Gasteiger partial charge is 0.0685 e. The molecule has 2 nitrogen and oxygen atoms in total. The summed E-state index contributed by atoms with van der Waals surface area (Å²) in [7, 11) is 0. The van der Waals surface area contributed by atoms with E-state index in [-0.39, 0.29) is 0 Å². The summed E-state index contributed by atoms with van der Waals surface area (Å²) in [4.78, 5) is 1.57. The molecule has 114 valence electrons. The van der Waals surface area contributed by atoms with Gasteiger partial charge in [-0.2, -0.15) is 0 Å². The van der Waals surface area contributed by atoms with E-state index in [0.717, 1.165) is 29.6 Å². The van der Waals surface area contributed by atoms with E-state index in [1.807, 2.05) is 11.8 Å². The van der Waals surface area contributed by atoms with Crippen LogP contribution >= 0.6 is 23.5 Å². The number of hydrogen-bond acceptors (Lipinski definition) is 4. The number of hydrogen-bond donors (Lipinski definition) is 1. The molecule has 6 aliphatic rings. The number of fused-ring (bicyclic) bond motifs is 2. The van der Waals surface area contributed by atoms with Crippen molar-refractivity contribution in [3.8, 4) is 0 Å². The summed E-state index contributed by atoms with van der Waals surface area (Å²) >= 11 is 4.07. The Bertz CT molecular complexity index is 487. The van der Waals surface area contributed by atoms with Gasteiger partial charge in [-0.1, -0.05) is 12.2 Å². The van der Waals surface area contributed by atoms with Gasteiger partial charge < -0.3 is 10.1 Å². The van der Waals surface area contributed by atoms with Crippen molar-refractivity contribution < 1.29 is 4.74 Å². The molecule has 4 heterocycles. The summed E-state index contributed by atoms with van der Waals surface area (Å²) in [5.41, 5.74) is 0.384. The highest BCUT2D eigenvalue weighted by molar-refractivity contribution is 8.20. The Balaban J connectivity index is 1.29. The lowest BCUT2D eigenvalue weighted by Gasteiger charge is -2.48. The standard InChI is InChI=1S/C17H23NOS2/c1-2-20-16-13(1)5-15(21-16)9-18-17-6-11-3-12(7-17)10-19-14(4-11)8-17/h1-2,5,11-14,16,18H,3-4,6-10H2. The van der Waals surface area contributed by atoms with Crippen molar-refractivity contribution in [2.45, 2.75) is 48.3 Å². The zero-order chi connectivity index (χ0) is 13.9. The van der Waals surface area contributed by atoms with Crippen LogP contribution in [-0.4, -0.2) is 29.4 Å². The van der Waals surface area contributed by atoms with E-state index in [2.05, 4.69) is 34.6 Å². The predicted octanol–water partition coefficient (Wildman–Crippen LogP) is 3.76. The Hall–Kier alpha value is 0.1000. The van der Waals surface area contributed by atoms with Crippen molar-refractivity contribution in [1.82, 2.24) is 5.32 Å². The van der Waals surface area contributed by atoms with E-state index in [4.69, 9.17) is 4.74 Å². The molecule has 4 heteroatoms. The van der Waals surface area contributed by atoms with E-state index < -0.39 is 0 Å². The second kappa shape index (κ2) is 5.05. The summed E-state index contributed by atoms with van der Waals surface area (Å²) < 4.78 is 6.84. The Kier molecular flexibility index (Phi) is 3.25. The van der Waals surface area contributed by atoms with E-state index >= 15 is 0 Å². The predicted molar refractivity (Wildman–Crippen MR) is 90.2 cm³/mol. The normalized spacial score (nSPS) is 50.3. The third kappa shape index (κ3) is 2.43. The molecule has 4 bridgehead atoms. The second-order valence-corrected chi connectivity index (χ2v) is 10.2. The fourth-order valence-electron chi connectivity index (χ4n) is 5.22. The Morgan fingerprint density at radius 3 is 3.14 bits per heavy atom. The van der Waals surface area contributed by atoms with Crippen LogP contribution in [0.2, 0.25) is 0 Å². The number of nitrogens with one attached hydrogen (secondary N) is 1. The first kappa shape index (κ1) is 13.5. The fourth-order valence-corrected chi connectivity index (χ4v) is 7.80. The van der Waals surface area contributed by atoms with E-state index in [1.165, 1.54) is 32.1 Å². The van der Waals surface area contributed by atoms with Crippen molar-refractivity contribution in [3.63, 3.8) is 0 Å². The molecule has 1 N–H and O–H groups in total. The van der Waals surface area contributed by atoms with Gasteiger partial charge in [0.05, 0.1) is 10.7 Å². The van der Waals surface area contributed by atoms with Gasteiger partial charge in [-0.05, 0) is 54.3 Å². The monoisotopic (exact) mass is 321 g/mol. The number of thioether (sulfide) groups is 2. The van der Waals surface area contributed by atoms with Crippen LogP contribution in [0.1, 0.15) is 32.1 Å². The summed E-state index contributed by atoms with van der Waals surface area (Å²) in [6.45, 7) is 2.10. The van der Waals surface area contributed by atoms with Gasteiger partial charge in [-0.15, -0.1) is 23.5 Å². The van der Waals surface area contributed by atoms with Crippen LogP contribution in [0.15, 0.2) is 22.5 Å². The van der Waals surface area contributed by atoms with E-state index in [1.54, 1.807) is 4.91 Å². The molecule has 0 amide bonds. The van der Waals surface area contributed by atoms with Crippen LogP contribution in [-0.2, 0) is 4.74 Å². The van der Waals surface area contributed by atoms with Crippen LogP contribution in [0.4, 0.5) is 0 Å². The van der Waals surface area contributed by atoms with Crippen molar-refractivity contribution in [2.24, 2.45) is 17.8 Å². The first-order chi connectivity index (χ1) is 10.3. The van der Waals surface area contributed by atoms with Gasteiger partial charge >= 0.3 is 0 Å². The number of ether oxygens (including phenoxy) is 1. The van der Waals surface area contributed by atoms with Gasteiger partial charge in [-0.25, -0.2) is 0 Å². The van der Waals surface area contributed by atoms with Crippen LogP contribution in [0, 0.1) is 17.8 Å². The molecule has 0 aromatic heterocycles. The Morgan fingerprint density at radius 1 is 1.24 bits per heavy atom. The maximum atomic E-state index is 6.11. The maximum absolute atomic E-state index is 6.11. The van der Waals surface area contributed by atoms with E-state index in [0.29, 0.717) is 17.6 Å². The molecule has 6 rings (SSSR count). The highest BCUT2D eigenvalue weighted by Crippen LogP contribution is 2.50. The lowest BCUT2D eigenvalue weighted by Crippen LogP contribution is -2.55. The van der Waals surface area contributed by atoms with E-state index in [9.17, 15) is 0 Å². The quantitative estimate of drug-likeness (QED) is 0.854. The molecular formula is C17H23NOS2. The third-order valence-electron chi connectivity index (χ3n) is 5.92. The Labute approximate surface area is 135 Å². The largest absolute Gasteiger partial charge is 0.378 e. The molecule has 4 aliphatic heterocycles. The molecule has 0 aromatic rings. The van der Waals surface area contributed by atoms with Crippen LogP contribution in [0.25, 0.3) is 0 Å². The van der Waals surface area contributed by atoms with Gasteiger partial charge in [0.1, 0.15) is 0 Å². The van der Waals surface area contributed by atoms with Crippen molar-refractivity contribution in [1.29, 1.82) is 0 Å². The molecular weight excluding hydrogens is 298 g/mol. The lowest BCUT2D eigenvalue weighted by atomic mass is 9.64. The van der Waals surface area contributed by atoms with Crippen LogP contribution in [0.5, 0.6) is 0 Å². The van der Waals surface area contributed by atoms with Crippen molar-refractivity contribution >= 4 is 23.5 Å². The molecule has 0 spiro atoms. The fraction of sp³-hybridized carbons (Fsp3) is 0.765. The molecule has 2 aliphatic carbocycles. The van der Waals surface area contributed by atoms with Crippen molar-refractivity contribution in [3.05, 3.63) is 22.5 Å². The molecule has 0 radical (unpaired) electrons. The minimum atomic E-state index is 0.384. The number of allylic oxidation sites excluding steroid dienone is 2. The number of rotatable bonds is 3. The summed E-state index contributed by atoms with van der Waals surface area (Å²) in [5.74, 6) is 2.41. The molecule has 6 atom stereocenters. The molecule has 4 fully saturated rings. The topological polar surface area (TPSA) is 21.3 Å². The minimum Gasteiger partial charge on any atom is -0.378 e. The van der Waals surface area contributed by atoms with Gasteiger partial charge in [0, 0.05) is 24.6 Å². The molecule has 0 aromatic carbocycles. The molecule has 6 unspecified atom stereocenters. The summed E-state index contributed by atoms with van der Waals surface area (Å²) in [5, 5.41) is 6.26. The highest BCUT2D eigenvalue weighted by Gasteiger charge is 2.49. The summed E-state index contributed by atoms with van der Waals surface area (Å²) in [6, 6.07) is 0. The minimum absolute atomic E-state index is 0.384. The van der Waals surface area contributed by atoms with Crippen LogP contribution < -0.4 is 5.32 Å². The zero-order valence-corrected chi connectivity index (χ0v) is 13.9. The Morgan fingerprint density at radius 2 is 2.19 bits per heavy atom. The van der Waals surface area contributed by atoms with Gasteiger partial charge in [-0.3, -0.25) is 0 Å². The summed E-state index contributed by atoms with van der Waals surface area (Å²) in [6.07, 6.45) is 12.1. The second-order valence-electron chi connectivity index (χ2n) is 7.57. The average Bonchev–Trinajstić information content (AvgIpc) is 2.97. The first-order valence-electron chi connectivity index (χ1n) is 8.34. The first-order valence-corrected chi connectivity index (χ1v) is 10.2. The molecule has 2 saturated carbocycles. The molecule has 2 saturated heterocycles. The zero-order valence-electron chi connectivity index (χ0n) is 12.3. The van der Waals surface area contributed by atoms with Gasteiger partial charge in [0.25, 0.3) is 0 Å². The van der Waals surface area contributed by atoms with Crippen LogP contribution in [0.3, 0.4) is 0 Å². The maximum Gasteiger partial charge on any atom is 0.0685 e. The van der Waals surface area contributed by atoms with Crippen molar-refractivity contribution in [2.75, 3.05) is 13.2 Å². The SMILES string of the molecule is C1=CC2C=C(CNC34CC5COC(CC(C5)C3)C4)SC2S1. The van der Waals surface area contributed by atoms with Gasteiger partial charge in [0.2, 0.25) is 0 Å². The molecule has 21 heavy (non-hydrogen) atoms.